The molecule has 3 atom stereocenters. The fourth-order valence-corrected chi connectivity index (χ4v) is 2.87. The van der Waals surface area contributed by atoms with E-state index in [9.17, 15) is 4.39 Å². The number of hydrogen-bond acceptors (Lipinski definition) is 1. The molecule has 94 valence electrons. The van der Waals surface area contributed by atoms with Crippen LogP contribution in [0.15, 0.2) is 18.2 Å². The highest BCUT2D eigenvalue weighted by Gasteiger charge is 2.28. The molecule has 1 nitrogen and oxygen atoms in total. The maximum Gasteiger partial charge on any atom is 0.126 e. The molecule has 2 heteroatoms. The van der Waals surface area contributed by atoms with E-state index in [2.05, 4.69) is 6.92 Å². The quantitative estimate of drug-likeness (QED) is 0.830. The molecule has 2 rings (SSSR count). The van der Waals surface area contributed by atoms with E-state index < -0.39 is 0 Å². The molecular formula is C15H22FN. The topological polar surface area (TPSA) is 26.0 Å². The minimum atomic E-state index is -0.103. The normalized spacial score (nSPS) is 29.3. The molecule has 0 amide bonds. The lowest BCUT2D eigenvalue weighted by Crippen LogP contribution is -2.34. The van der Waals surface area contributed by atoms with Crippen LogP contribution >= 0.6 is 0 Å². The molecule has 0 radical (unpaired) electrons. The average Bonchev–Trinajstić information content (AvgIpc) is 2.33. The Bertz CT molecular complexity index is 389. The van der Waals surface area contributed by atoms with E-state index in [0.717, 1.165) is 24.3 Å². The molecule has 1 aliphatic rings. The van der Waals surface area contributed by atoms with Gasteiger partial charge in [-0.2, -0.15) is 0 Å². The van der Waals surface area contributed by atoms with E-state index in [0.29, 0.717) is 11.5 Å². The van der Waals surface area contributed by atoms with Crippen molar-refractivity contribution in [1.29, 1.82) is 0 Å². The molecule has 0 aliphatic heterocycles. The van der Waals surface area contributed by atoms with Crippen LogP contribution in [0.5, 0.6) is 0 Å². The smallest absolute Gasteiger partial charge is 0.126 e. The van der Waals surface area contributed by atoms with Gasteiger partial charge in [0.1, 0.15) is 5.82 Å². The number of aryl methyl sites for hydroxylation is 1. The third-order valence-electron chi connectivity index (χ3n) is 4.21. The second-order valence-electron chi connectivity index (χ2n) is 5.37. The van der Waals surface area contributed by atoms with Gasteiger partial charge in [0.15, 0.2) is 0 Å². The summed E-state index contributed by atoms with van der Waals surface area (Å²) < 4.78 is 13.6. The molecule has 1 saturated carbocycles. The predicted octanol–water partition coefficient (Wildman–Crippen LogP) is 3.76. The molecule has 3 unspecified atom stereocenters. The van der Waals surface area contributed by atoms with Crippen molar-refractivity contribution in [1.82, 2.24) is 0 Å². The maximum absolute atomic E-state index is 13.6. The molecule has 2 N–H and O–H groups in total. The highest BCUT2D eigenvalue weighted by molar-refractivity contribution is 5.27. The summed E-state index contributed by atoms with van der Waals surface area (Å²) in [5, 5.41) is 0. The molecule has 1 aliphatic carbocycles. The lowest BCUT2D eigenvalue weighted by molar-refractivity contribution is 0.282. The van der Waals surface area contributed by atoms with Crippen LogP contribution in [-0.4, -0.2) is 6.04 Å². The van der Waals surface area contributed by atoms with Crippen molar-refractivity contribution in [3.63, 3.8) is 0 Å². The van der Waals surface area contributed by atoms with Crippen LogP contribution in [0.4, 0.5) is 4.39 Å². The molecule has 1 aromatic rings. The molecule has 0 aromatic heterocycles. The third-order valence-corrected chi connectivity index (χ3v) is 4.21. The SMILES string of the molecule is CCC1CCC(N)C(c2ccc(C)c(F)c2)C1. The first-order chi connectivity index (χ1) is 8.11. The number of halogens is 1. The first-order valence-electron chi connectivity index (χ1n) is 6.63. The first kappa shape index (κ1) is 12.6. The van der Waals surface area contributed by atoms with E-state index in [-0.39, 0.29) is 11.9 Å². The van der Waals surface area contributed by atoms with E-state index >= 15 is 0 Å². The molecule has 0 heterocycles. The van der Waals surface area contributed by atoms with Crippen LogP contribution < -0.4 is 5.73 Å². The number of nitrogens with two attached hydrogens (primary N) is 1. The fourth-order valence-electron chi connectivity index (χ4n) is 2.87. The summed E-state index contributed by atoms with van der Waals surface area (Å²) in [7, 11) is 0. The Labute approximate surface area is 103 Å². The lowest BCUT2D eigenvalue weighted by atomic mass is 9.74. The van der Waals surface area contributed by atoms with Gasteiger partial charge in [-0.05, 0) is 55.2 Å². The lowest BCUT2D eigenvalue weighted by Gasteiger charge is -2.34. The van der Waals surface area contributed by atoms with Gasteiger partial charge in [0.2, 0.25) is 0 Å². The van der Waals surface area contributed by atoms with Gasteiger partial charge in [-0.1, -0.05) is 25.5 Å². The summed E-state index contributed by atoms with van der Waals surface area (Å²) in [5.74, 6) is 0.987. The Hall–Kier alpha value is -0.890. The van der Waals surface area contributed by atoms with E-state index in [1.165, 1.54) is 12.8 Å². The van der Waals surface area contributed by atoms with Crippen molar-refractivity contribution < 1.29 is 4.39 Å². The number of hydrogen-bond donors (Lipinski definition) is 1. The van der Waals surface area contributed by atoms with Gasteiger partial charge in [0.05, 0.1) is 0 Å². The third kappa shape index (κ3) is 2.68. The van der Waals surface area contributed by atoms with E-state index in [4.69, 9.17) is 5.73 Å². The standard InChI is InChI=1S/C15H22FN/c1-3-11-5-7-15(17)13(8-11)12-6-4-10(2)14(16)9-12/h4,6,9,11,13,15H,3,5,7-8,17H2,1-2H3. The summed E-state index contributed by atoms with van der Waals surface area (Å²) in [5.41, 5.74) is 7.99. The second-order valence-corrected chi connectivity index (χ2v) is 5.37. The minimum absolute atomic E-state index is 0.103. The van der Waals surface area contributed by atoms with Crippen molar-refractivity contribution in [2.45, 2.75) is 51.5 Å². The Morgan fingerprint density at radius 2 is 2.12 bits per heavy atom. The monoisotopic (exact) mass is 235 g/mol. The Morgan fingerprint density at radius 1 is 1.35 bits per heavy atom. The highest BCUT2D eigenvalue weighted by atomic mass is 19.1. The summed E-state index contributed by atoms with van der Waals surface area (Å²) in [4.78, 5) is 0. The van der Waals surface area contributed by atoms with Gasteiger partial charge < -0.3 is 5.73 Å². The highest BCUT2D eigenvalue weighted by Crippen LogP contribution is 2.37. The summed E-state index contributed by atoms with van der Waals surface area (Å²) in [6, 6.07) is 5.78. The van der Waals surface area contributed by atoms with Gasteiger partial charge in [-0.15, -0.1) is 0 Å². The fraction of sp³-hybridized carbons (Fsp3) is 0.600. The van der Waals surface area contributed by atoms with Crippen molar-refractivity contribution in [3.8, 4) is 0 Å². The molecule has 1 aromatic carbocycles. The van der Waals surface area contributed by atoms with E-state index in [1.807, 2.05) is 12.1 Å². The van der Waals surface area contributed by atoms with Gasteiger partial charge in [0.25, 0.3) is 0 Å². The van der Waals surface area contributed by atoms with Gasteiger partial charge in [-0.3, -0.25) is 0 Å². The van der Waals surface area contributed by atoms with Gasteiger partial charge in [-0.25, -0.2) is 4.39 Å². The molecule has 1 fully saturated rings. The molecular weight excluding hydrogens is 213 g/mol. The van der Waals surface area contributed by atoms with E-state index in [1.54, 1.807) is 13.0 Å². The molecule has 0 bridgehead atoms. The Balaban J connectivity index is 2.21. The predicted molar refractivity (Wildman–Crippen MR) is 69.5 cm³/mol. The summed E-state index contributed by atoms with van der Waals surface area (Å²) in [6.07, 6.45) is 4.61. The Kier molecular flexibility index (Phi) is 3.82. The molecule has 0 saturated heterocycles. The number of rotatable bonds is 2. The minimum Gasteiger partial charge on any atom is -0.327 e. The van der Waals surface area contributed by atoms with Gasteiger partial charge >= 0.3 is 0 Å². The Morgan fingerprint density at radius 3 is 2.76 bits per heavy atom. The zero-order chi connectivity index (χ0) is 12.4. The zero-order valence-electron chi connectivity index (χ0n) is 10.7. The van der Waals surface area contributed by atoms with Crippen LogP contribution in [0.2, 0.25) is 0 Å². The average molecular weight is 235 g/mol. The zero-order valence-corrected chi connectivity index (χ0v) is 10.7. The summed E-state index contributed by atoms with van der Waals surface area (Å²) in [6.45, 7) is 4.03. The van der Waals surface area contributed by atoms with Crippen LogP contribution in [0.1, 0.15) is 49.7 Å². The van der Waals surface area contributed by atoms with Gasteiger partial charge in [0, 0.05) is 6.04 Å². The second kappa shape index (κ2) is 5.18. The van der Waals surface area contributed by atoms with Crippen LogP contribution in [0, 0.1) is 18.7 Å². The van der Waals surface area contributed by atoms with Crippen LogP contribution in [0.25, 0.3) is 0 Å². The molecule has 17 heavy (non-hydrogen) atoms. The van der Waals surface area contributed by atoms with Crippen molar-refractivity contribution in [2.75, 3.05) is 0 Å². The maximum atomic E-state index is 13.6. The van der Waals surface area contributed by atoms with Crippen LogP contribution in [0.3, 0.4) is 0 Å². The van der Waals surface area contributed by atoms with Crippen LogP contribution in [-0.2, 0) is 0 Å². The molecule has 0 spiro atoms. The van der Waals surface area contributed by atoms with Crippen molar-refractivity contribution in [3.05, 3.63) is 35.1 Å². The van der Waals surface area contributed by atoms with Crippen molar-refractivity contribution in [2.24, 2.45) is 11.7 Å². The number of benzene rings is 1. The first-order valence-corrected chi connectivity index (χ1v) is 6.63. The summed E-state index contributed by atoms with van der Waals surface area (Å²) >= 11 is 0. The van der Waals surface area contributed by atoms with Crippen molar-refractivity contribution >= 4 is 0 Å². The largest absolute Gasteiger partial charge is 0.327 e.